The van der Waals surface area contributed by atoms with Crippen LogP contribution in [0, 0.1) is 0 Å². The Morgan fingerprint density at radius 2 is 1.26 bits per heavy atom. The molecule has 0 spiro atoms. The van der Waals surface area contributed by atoms with Crippen LogP contribution in [-0.2, 0) is 36.8 Å². The highest BCUT2D eigenvalue weighted by molar-refractivity contribution is 7.98. The van der Waals surface area contributed by atoms with Gasteiger partial charge in [-0.15, -0.1) is 0 Å². The molecule has 42 heavy (non-hydrogen) atoms. The highest BCUT2D eigenvalue weighted by Gasteiger charge is 2.29. The lowest BCUT2D eigenvalue weighted by molar-refractivity contribution is -0.142. The molecule has 228 valence electrons. The summed E-state index contributed by atoms with van der Waals surface area (Å²) in [6.07, 6.45) is 2.32. The van der Waals surface area contributed by atoms with Crippen LogP contribution in [0.2, 0.25) is 0 Å². The van der Waals surface area contributed by atoms with Gasteiger partial charge in [0.25, 0.3) is 0 Å². The molecule has 0 bridgehead atoms. The Morgan fingerprint density at radius 3 is 1.83 bits per heavy atom. The molecule has 0 heterocycles. The first-order valence-corrected chi connectivity index (χ1v) is 14.8. The molecule has 13 heteroatoms. The minimum Gasteiger partial charge on any atom is -0.508 e. The van der Waals surface area contributed by atoms with Crippen molar-refractivity contribution in [3.8, 4) is 5.75 Å². The lowest BCUT2D eigenvalue weighted by atomic mass is 10.0. The van der Waals surface area contributed by atoms with Gasteiger partial charge in [0.2, 0.25) is 23.6 Å². The lowest BCUT2D eigenvalue weighted by Crippen LogP contribution is -2.57. The molecule has 0 fully saturated rings. The van der Waals surface area contributed by atoms with Gasteiger partial charge in [-0.25, -0.2) is 4.79 Å². The van der Waals surface area contributed by atoms with Crippen molar-refractivity contribution in [1.82, 2.24) is 21.3 Å². The van der Waals surface area contributed by atoms with Gasteiger partial charge in [-0.05, 0) is 62.0 Å². The van der Waals surface area contributed by atoms with E-state index in [1.54, 1.807) is 42.5 Å². The SMILES string of the molecule is CSCC[C@H](NC(=O)[C@H](Cc1ccccc1)NC(=O)[C@H](C)NC(=O)[C@H](C)NC(=O)[C@@H](N)Cc1ccc(O)cc1)C(=O)O. The summed E-state index contributed by atoms with van der Waals surface area (Å²) in [5.74, 6) is -3.12. The fourth-order valence-electron chi connectivity index (χ4n) is 3.89. The maximum absolute atomic E-state index is 13.1. The lowest BCUT2D eigenvalue weighted by Gasteiger charge is -2.24. The van der Waals surface area contributed by atoms with Gasteiger partial charge >= 0.3 is 5.97 Å². The van der Waals surface area contributed by atoms with E-state index in [1.807, 2.05) is 6.26 Å². The number of thioether (sulfide) groups is 1. The fourth-order valence-corrected chi connectivity index (χ4v) is 4.36. The van der Waals surface area contributed by atoms with Crippen LogP contribution in [0.4, 0.5) is 0 Å². The molecule has 5 atom stereocenters. The second-order valence-electron chi connectivity index (χ2n) is 9.87. The van der Waals surface area contributed by atoms with Crippen molar-refractivity contribution < 1.29 is 34.2 Å². The van der Waals surface area contributed by atoms with Crippen molar-refractivity contribution in [3.63, 3.8) is 0 Å². The largest absolute Gasteiger partial charge is 0.508 e. The third-order valence-corrected chi connectivity index (χ3v) is 7.02. The number of aliphatic carboxylic acids is 1. The first kappa shape index (κ1) is 34.1. The van der Waals surface area contributed by atoms with E-state index in [0.717, 1.165) is 11.1 Å². The quantitative estimate of drug-likeness (QED) is 0.142. The number of nitrogens with two attached hydrogens (primary N) is 1. The summed E-state index contributed by atoms with van der Waals surface area (Å²) in [5, 5.41) is 29.0. The number of nitrogens with one attached hydrogen (secondary N) is 4. The molecule has 4 amide bonds. The van der Waals surface area contributed by atoms with Crippen LogP contribution in [0.15, 0.2) is 54.6 Å². The molecular formula is C29H39N5O7S. The van der Waals surface area contributed by atoms with Crippen molar-refractivity contribution in [2.75, 3.05) is 12.0 Å². The highest BCUT2D eigenvalue weighted by Crippen LogP contribution is 2.11. The predicted octanol–water partition coefficient (Wildman–Crippen LogP) is 0.321. The van der Waals surface area contributed by atoms with E-state index in [2.05, 4.69) is 21.3 Å². The summed E-state index contributed by atoms with van der Waals surface area (Å²) in [6, 6.07) is 9.85. The van der Waals surface area contributed by atoms with E-state index >= 15 is 0 Å². The zero-order chi connectivity index (χ0) is 31.2. The summed E-state index contributed by atoms with van der Waals surface area (Å²) >= 11 is 1.45. The summed E-state index contributed by atoms with van der Waals surface area (Å²) in [7, 11) is 0. The number of phenolic OH excluding ortho intramolecular Hbond substituents is 1. The first-order valence-electron chi connectivity index (χ1n) is 13.4. The van der Waals surface area contributed by atoms with Crippen molar-refractivity contribution in [2.24, 2.45) is 5.73 Å². The second kappa shape index (κ2) is 17.0. The van der Waals surface area contributed by atoms with Gasteiger partial charge in [0.15, 0.2) is 0 Å². The molecule has 0 saturated carbocycles. The van der Waals surface area contributed by atoms with Gasteiger partial charge in [0.05, 0.1) is 6.04 Å². The zero-order valence-electron chi connectivity index (χ0n) is 23.8. The number of hydrogen-bond acceptors (Lipinski definition) is 8. The molecule has 2 aromatic rings. The van der Waals surface area contributed by atoms with Gasteiger partial charge in [-0.2, -0.15) is 11.8 Å². The molecule has 0 aliphatic carbocycles. The van der Waals surface area contributed by atoms with Gasteiger partial charge < -0.3 is 37.2 Å². The Kier molecular flexibility index (Phi) is 13.8. The number of aromatic hydroxyl groups is 1. The van der Waals surface area contributed by atoms with Gasteiger partial charge in [-0.1, -0.05) is 42.5 Å². The van der Waals surface area contributed by atoms with Crippen LogP contribution in [0.25, 0.3) is 0 Å². The van der Waals surface area contributed by atoms with Gasteiger partial charge in [0.1, 0.15) is 29.9 Å². The summed E-state index contributed by atoms with van der Waals surface area (Å²) in [4.78, 5) is 63.0. The average molecular weight is 602 g/mol. The minimum absolute atomic E-state index is 0.0860. The number of rotatable bonds is 16. The number of carbonyl (C=O) groups is 5. The van der Waals surface area contributed by atoms with Crippen LogP contribution in [0.1, 0.15) is 31.4 Å². The third-order valence-electron chi connectivity index (χ3n) is 6.37. The molecule has 2 rings (SSSR count). The zero-order valence-corrected chi connectivity index (χ0v) is 24.6. The van der Waals surface area contributed by atoms with Crippen molar-refractivity contribution >= 4 is 41.4 Å². The molecule has 12 nitrogen and oxygen atoms in total. The van der Waals surface area contributed by atoms with Crippen LogP contribution in [-0.4, -0.2) is 82.0 Å². The Labute approximate surface area is 249 Å². The number of carboxylic acid groups (broad SMARTS) is 1. The Hall–Kier alpha value is -4.10. The Balaban J connectivity index is 1.99. The summed E-state index contributed by atoms with van der Waals surface area (Å²) in [6.45, 7) is 2.87. The van der Waals surface area contributed by atoms with Gasteiger partial charge in [-0.3, -0.25) is 19.2 Å². The minimum atomic E-state index is -1.18. The maximum atomic E-state index is 13.1. The standard InChI is InChI=1S/C29H39N5O7S/c1-17(32-27(38)22(30)15-20-9-11-21(35)12-10-20)25(36)31-18(2)26(37)34-24(16-19-7-5-4-6-8-19)28(39)33-23(29(40)41)13-14-42-3/h4-12,17-18,22-24,35H,13-16,30H2,1-3H3,(H,31,36)(H,32,38)(H,33,39)(H,34,37)(H,40,41)/t17-,18-,22-,23-,24-/m0/s1. The molecule has 0 unspecified atom stereocenters. The molecule has 0 aliphatic heterocycles. The van der Waals surface area contributed by atoms with Crippen LogP contribution < -0.4 is 27.0 Å². The predicted molar refractivity (Wildman–Crippen MR) is 160 cm³/mol. The molecular weight excluding hydrogens is 562 g/mol. The van der Waals surface area contributed by atoms with E-state index in [4.69, 9.17) is 5.73 Å². The van der Waals surface area contributed by atoms with Crippen molar-refractivity contribution in [3.05, 3.63) is 65.7 Å². The van der Waals surface area contributed by atoms with E-state index in [-0.39, 0.29) is 25.0 Å². The smallest absolute Gasteiger partial charge is 0.326 e. The molecule has 8 N–H and O–H groups in total. The van der Waals surface area contributed by atoms with Crippen LogP contribution in [0.5, 0.6) is 5.75 Å². The third kappa shape index (κ3) is 11.4. The average Bonchev–Trinajstić information content (AvgIpc) is 2.96. The number of carboxylic acids is 1. The Bertz CT molecular complexity index is 1210. The van der Waals surface area contributed by atoms with Crippen molar-refractivity contribution in [2.45, 2.75) is 63.3 Å². The first-order chi connectivity index (χ1) is 19.9. The number of carbonyl (C=O) groups excluding carboxylic acids is 4. The Morgan fingerprint density at radius 1 is 0.738 bits per heavy atom. The molecule has 0 radical (unpaired) electrons. The second-order valence-corrected chi connectivity index (χ2v) is 10.9. The summed E-state index contributed by atoms with van der Waals surface area (Å²) < 4.78 is 0. The number of amides is 4. The van der Waals surface area contributed by atoms with Crippen molar-refractivity contribution in [1.29, 1.82) is 0 Å². The maximum Gasteiger partial charge on any atom is 0.326 e. The van der Waals surface area contributed by atoms with Crippen LogP contribution in [0.3, 0.4) is 0 Å². The fraction of sp³-hybridized carbons (Fsp3) is 0.414. The highest BCUT2D eigenvalue weighted by atomic mass is 32.2. The van der Waals surface area contributed by atoms with E-state index in [9.17, 15) is 34.2 Å². The molecule has 0 aromatic heterocycles. The van der Waals surface area contributed by atoms with Gasteiger partial charge in [0, 0.05) is 6.42 Å². The molecule has 2 aromatic carbocycles. The topological polar surface area (TPSA) is 200 Å². The molecule has 0 aliphatic rings. The summed E-state index contributed by atoms with van der Waals surface area (Å²) in [5.41, 5.74) is 7.43. The monoisotopic (exact) mass is 601 g/mol. The number of hydrogen-bond donors (Lipinski definition) is 7. The molecule has 0 saturated heterocycles. The number of benzene rings is 2. The number of phenols is 1. The van der Waals surface area contributed by atoms with Crippen LogP contribution >= 0.6 is 11.8 Å². The van der Waals surface area contributed by atoms with E-state index < -0.39 is 59.8 Å². The van der Waals surface area contributed by atoms with E-state index in [1.165, 1.54) is 37.7 Å². The normalized spacial score (nSPS) is 14.4. The van der Waals surface area contributed by atoms with E-state index in [0.29, 0.717) is 5.75 Å².